The number of hydrogen-bond acceptors (Lipinski definition) is 3. The number of hydrogen-bond donors (Lipinski definition) is 0. The molecular formula is C24H36Cl2O3Si. The second-order valence-electron chi connectivity index (χ2n) is 9.19. The third-order valence-electron chi connectivity index (χ3n) is 7.17. The molecule has 1 saturated carbocycles. The van der Waals surface area contributed by atoms with Crippen molar-refractivity contribution >= 4 is 38.0 Å². The van der Waals surface area contributed by atoms with E-state index in [1.807, 2.05) is 0 Å². The molecule has 0 atom stereocenters. The lowest BCUT2D eigenvalue weighted by molar-refractivity contribution is 0.0127. The minimum Gasteiger partial charge on any atom is -0.459 e. The average Bonchev–Trinajstić information content (AvgIpc) is 2.76. The molecule has 3 rings (SSSR count). The standard InChI is InChI=1S/C24H36Cl2O3Si/c1-28-13-3-2-4-14-30-15-11-19(12-16-30)18-5-8-21(9-6-18)29-24(27)20-7-10-22(25)23(26)17-20/h7,10,17-19,21,30H,2-6,8-9,11-16H2,1H3/t18-,19?,21-,30?. The van der Waals surface area contributed by atoms with Gasteiger partial charge in [-0.25, -0.2) is 4.79 Å². The van der Waals surface area contributed by atoms with Gasteiger partial charge in [0.15, 0.2) is 0 Å². The number of unbranched alkanes of at least 4 members (excludes halogenated alkanes) is 2. The molecule has 6 heteroatoms. The molecule has 0 radical (unpaired) electrons. The monoisotopic (exact) mass is 470 g/mol. The molecule has 1 heterocycles. The molecule has 1 saturated heterocycles. The van der Waals surface area contributed by atoms with Gasteiger partial charge in [-0.1, -0.05) is 67.0 Å². The molecule has 0 aromatic heterocycles. The minimum absolute atomic E-state index is 0.0426. The van der Waals surface area contributed by atoms with Crippen molar-refractivity contribution in [3.05, 3.63) is 33.8 Å². The van der Waals surface area contributed by atoms with Crippen LogP contribution in [0.25, 0.3) is 0 Å². The maximum Gasteiger partial charge on any atom is 0.338 e. The van der Waals surface area contributed by atoms with Crippen molar-refractivity contribution in [2.45, 2.75) is 82.0 Å². The first-order chi connectivity index (χ1) is 14.6. The third kappa shape index (κ3) is 7.25. The van der Waals surface area contributed by atoms with Crippen LogP contribution in [0.5, 0.6) is 0 Å². The molecule has 0 N–H and O–H groups in total. The quantitative estimate of drug-likeness (QED) is 0.218. The fourth-order valence-corrected chi connectivity index (χ4v) is 9.15. The predicted molar refractivity (Wildman–Crippen MR) is 128 cm³/mol. The molecule has 2 fully saturated rings. The molecular weight excluding hydrogens is 435 g/mol. The number of benzene rings is 1. The summed E-state index contributed by atoms with van der Waals surface area (Å²) >= 11 is 12.0. The summed E-state index contributed by atoms with van der Waals surface area (Å²) in [5.41, 5.74) is 0.483. The van der Waals surface area contributed by atoms with Gasteiger partial charge in [-0.05, 0) is 62.1 Å². The van der Waals surface area contributed by atoms with Gasteiger partial charge in [0.2, 0.25) is 0 Å². The van der Waals surface area contributed by atoms with E-state index in [1.54, 1.807) is 37.4 Å². The largest absolute Gasteiger partial charge is 0.459 e. The first kappa shape index (κ1) is 24.1. The van der Waals surface area contributed by atoms with Gasteiger partial charge in [0, 0.05) is 22.5 Å². The van der Waals surface area contributed by atoms with Crippen LogP contribution in [-0.4, -0.2) is 34.6 Å². The Balaban J connectivity index is 1.34. The topological polar surface area (TPSA) is 35.5 Å². The highest BCUT2D eigenvalue weighted by atomic mass is 35.5. The van der Waals surface area contributed by atoms with Gasteiger partial charge in [0.1, 0.15) is 6.10 Å². The van der Waals surface area contributed by atoms with Crippen LogP contribution in [0.1, 0.15) is 68.1 Å². The maximum atomic E-state index is 12.4. The van der Waals surface area contributed by atoms with E-state index in [0.717, 1.165) is 31.3 Å². The average molecular weight is 472 g/mol. The van der Waals surface area contributed by atoms with Crippen LogP contribution in [0.3, 0.4) is 0 Å². The SMILES string of the molecule is COCCCCC[SiH]1CCC([C@H]2CC[C@H](OC(=O)c3ccc(Cl)c(Cl)c3)CC2)CC1. The number of carbonyl (C=O) groups is 1. The van der Waals surface area contributed by atoms with Gasteiger partial charge in [-0.2, -0.15) is 0 Å². The van der Waals surface area contributed by atoms with Crippen LogP contribution >= 0.6 is 23.2 Å². The van der Waals surface area contributed by atoms with Gasteiger partial charge in [-0.3, -0.25) is 0 Å². The van der Waals surface area contributed by atoms with E-state index in [4.69, 9.17) is 32.7 Å². The predicted octanol–water partition coefficient (Wildman–Crippen LogP) is 7.16. The number of rotatable bonds is 9. The van der Waals surface area contributed by atoms with Gasteiger partial charge >= 0.3 is 5.97 Å². The van der Waals surface area contributed by atoms with E-state index in [1.165, 1.54) is 51.0 Å². The van der Waals surface area contributed by atoms with Gasteiger partial charge in [0.05, 0.1) is 15.6 Å². The normalized spacial score (nSPS) is 27.0. The van der Waals surface area contributed by atoms with E-state index in [-0.39, 0.29) is 12.1 Å². The molecule has 0 spiro atoms. The zero-order valence-corrected chi connectivity index (χ0v) is 20.9. The van der Waals surface area contributed by atoms with E-state index in [2.05, 4.69) is 0 Å². The lowest BCUT2D eigenvalue weighted by atomic mass is 9.76. The Morgan fingerprint density at radius 1 is 0.967 bits per heavy atom. The Bertz CT molecular complexity index is 668. The third-order valence-corrected chi connectivity index (χ3v) is 11.4. The van der Waals surface area contributed by atoms with Crippen molar-refractivity contribution < 1.29 is 14.3 Å². The van der Waals surface area contributed by atoms with Crippen molar-refractivity contribution in [1.82, 2.24) is 0 Å². The Morgan fingerprint density at radius 3 is 2.33 bits per heavy atom. The summed E-state index contributed by atoms with van der Waals surface area (Å²) in [4.78, 5) is 12.4. The summed E-state index contributed by atoms with van der Waals surface area (Å²) in [6, 6.07) is 9.55. The fraction of sp³-hybridized carbons (Fsp3) is 0.708. The van der Waals surface area contributed by atoms with E-state index in [0.29, 0.717) is 15.6 Å². The fourth-order valence-electron chi connectivity index (χ4n) is 5.32. The Labute approximate surface area is 193 Å². The zero-order chi connectivity index (χ0) is 21.3. The van der Waals surface area contributed by atoms with E-state index >= 15 is 0 Å². The van der Waals surface area contributed by atoms with Crippen LogP contribution in [-0.2, 0) is 9.47 Å². The molecule has 0 amide bonds. The zero-order valence-electron chi connectivity index (χ0n) is 18.2. The molecule has 0 bridgehead atoms. The highest BCUT2D eigenvalue weighted by Gasteiger charge is 2.32. The molecule has 168 valence electrons. The summed E-state index contributed by atoms with van der Waals surface area (Å²) in [5, 5.41) is 0.849. The molecule has 30 heavy (non-hydrogen) atoms. The lowest BCUT2D eigenvalue weighted by Crippen LogP contribution is -2.31. The maximum absolute atomic E-state index is 12.4. The first-order valence-corrected chi connectivity index (χ1v) is 14.9. The Morgan fingerprint density at radius 2 is 1.67 bits per heavy atom. The van der Waals surface area contributed by atoms with Crippen LogP contribution < -0.4 is 0 Å². The molecule has 1 aromatic carbocycles. The van der Waals surface area contributed by atoms with Crippen molar-refractivity contribution in [2.75, 3.05) is 13.7 Å². The number of ether oxygens (including phenoxy) is 2. The minimum atomic E-state index is -0.476. The number of carbonyl (C=O) groups excluding carboxylic acids is 1. The number of methoxy groups -OCH3 is 1. The molecule has 2 aliphatic rings. The summed E-state index contributed by atoms with van der Waals surface area (Å²) in [5.74, 6) is 1.46. The number of halogens is 2. The van der Waals surface area contributed by atoms with Crippen LogP contribution in [0.15, 0.2) is 18.2 Å². The van der Waals surface area contributed by atoms with Crippen LogP contribution in [0.4, 0.5) is 0 Å². The summed E-state index contributed by atoms with van der Waals surface area (Å²) in [6.45, 7) is 0.916. The van der Waals surface area contributed by atoms with Crippen LogP contribution in [0, 0.1) is 11.8 Å². The van der Waals surface area contributed by atoms with Crippen molar-refractivity contribution in [2.24, 2.45) is 11.8 Å². The van der Waals surface area contributed by atoms with Gasteiger partial charge in [0.25, 0.3) is 0 Å². The molecule has 0 unspecified atom stereocenters. The second-order valence-corrected chi connectivity index (χ2v) is 13.5. The highest BCUT2D eigenvalue weighted by molar-refractivity contribution is 6.58. The molecule has 1 aliphatic carbocycles. The van der Waals surface area contributed by atoms with E-state index in [9.17, 15) is 4.79 Å². The van der Waals surface area contributed by atoms with Gasteiger partial charge < -0.3 is 9.47 Å². The molecule has 3 nitrogen and oxygen atoms in total. The smallest absolute Gasteiger partial charge is 0.338 e. The van der Waals surface area contributed by atoms with Crippen molar-refractivity contribution in [1.29, 1.82) is 0 Å². The van der Waals surface area contributed by atoms with Crippen molar-refractivity contribution in [3.63, 3.8) is 0 Å². The van der Waals surface area contributed by atoms with Crippen molar-refractivity contribution in [3.8, 4) is 0 Å². The lowest BCUT2D eigenvalue weighted by Gasteiger charge is -2.37. The Kier molecular flexibility index (Phi) is 10.0. The van der Waals surface area contributed by atoms with E-state index < -0.39 is 8.80 Å². The second kappa shape index (κ2) is 12.5. The highest BCUT2D eigenvalue weighted by Crippen LogP contribution is 2.40. The number of esters is 1. The summed E-state index contributed by atoms with van der Waals surface area (Å²) < 4.78 is 10.9. The Hall–Kier alpha value is -0.553. The summed E-state index contributed by atoms with van der Waals surface area (Å²) in [6.07, 6.45) is 11.3. The first-order valence-electron chi connectivity index (χ1n) is 11.7. The molecule has 1 aliphatic heterocycles. The van der Waals surface area contributed by atoms with Crippen LogP contribution in [0.2, 0.25) is 28.2 Å². The van der Waals surface area contributed by atoms with Gasteiger partial charge in [-0.15, -0.1) is 0 Å². The summed E-state index contributed by atoms with van der Waals surface area (Å²) in [7, 11) is 1.32. The molecule has 1 aromatic rings.